The zero-order valence-corrected chi connectivity index (χ0v) is 15.6. The Morgan fingerprint density at radius 3 is 2.44 bits per heavy atom. The van der Waals surface area contributed by atoms with Crippen LogP contribution in [0.3, 0.4) is 0 Å². The molecule has 0 saturated carbocycles. The summed E-state index contributed by atoms with van der Waals surface area (Å²) in [6, 6.07) is 4.56. The average Bonchev–Trinajstić information content (AvgIpc) is 2.90. The van der Waals surface area contributed by atoms with Crippen molar-refractivity contribution in [3.05, 3.63) is 41.1 Å². The molecule has 1 aliphatic heterocycles. The zero-order valence-electron chi connectivity index (χ0n) is 13.2. The number of nitrogens with zero attached hydrogens (tertiary/aromatic N) is 1. The van der Waals surface area contributed by atoms with Crippen molar-refractivity contribution < 1.29 is 32.0 Å². The van der Waals surface area contributed by atoms with Crippen LogP contribution in [0, 0.1) is 0 Å². The number of halogens is 1. The average molecular weight is 434 g/mol. The molecule has 0 spiro atoms. The highest BCUT2D eigenvalue weighted by atomic mass is 79.9. The first-order valence-electron chi connectivity index (χ1n) is 7.16. The lowest BCUT2D eigenvalue weighted by atomic mass is 10.2. The third-order valence-corrected chi connectivity index (χ3v) is 5.31. The second-order valence-corrected chi connectivity index (χ2v) is 7.93. The molecule has 2 atom stereocenters. The lowest BCUT2D eigenvalue weighted by Gasteiger charge is -2.20. The summed E-state index contributed by atoms with van der Waals surface area (Å²) in [5.74, 6) is -1.17. The summed E-state index contributed by atoms with van der Waals surface area (Å²) < 4.78 is 35.2. The van der Waals surface area contributed by atoms with Crippen LogP contribution < -0.4 is 0 Å². The van der Waals surface area contributed by atoms with Gasteiger partial charge in [0.15, 0.2) is 0 Å². The number of ether oxygens (including phenoxy) is 1. The van der Waals surface area contributed by atoms with E-state index in [9.17, 15) is 23.1 Å². The van der Waals surface area contributed by atoms with E-state index in [2.05, 4.69) is 22.5 Å². The molecule has 1 saturated heterocycles. The van der Waals surface area contributed by atoms with Gasteiger partial charge in [-0.25, -0.2) is 9.59 Å². The molecular weight excluding hydrogens is 418 g/mol. The number of hydrogen-bond donors (Lipinski definition) is 1. The maximum atomic E-state index is 12.3. The molecular formula is C15H16BrNO7S. The van der Waals surface area contributed by atoms with Crippen molar-refractivity contribution in [1.82, 2.24) is 4.90 Å². The third-order valence-electron chi connectivity index (χ3n) is 3.41. The number of carboxylic acid groups (broad SMARTS) is 1. The second-order valence-electron chi connectivity index (χ2n) is 5.44. The molecule has 136 valence electrons. The van der Waals surface area contributed by atoms with E-state index in [-0.39, 0.29) is 23.6 Å². The number of hydrogen-bond acceptors (Lipinski definition) is 6. The largest absolute Gasteiger partial charge is 0.480 e. The van der Waals surface area contributed by atoms with Crippen LogP contribution in [-0.4, -0.2) is 49.2 Å². The first kappa shape index (κ1) is 19.4. The second kappa shape index (κ2) is 7.54. The highest BCUT2D eigenvalue weighted by Crippen LogP contribution is 2.26. The highest BCUT2D eigenvalue weighted by molar-refractivity contribution is 9.10. The number of aliphatic carboxylic acids is 1. The van der Waals surface area contributed by atoms with E-state index in [0.29, 0.717) is 4.47 Å². The Bertz CT molecular complexity index is 791. The highest BCUT2D eigenvalue weighted by Gasteiger charge is 2.43. The third kappa shape index (κ3) is 4.80. The Morgan fingerprint density at radius 2 is 1.92 bits per heavy atom. The maximum absolute atomic E-state index is 12.3. The molecule has 1 amide bonds. The molecule has 10 heteroatoms. The van der Waals surface area contributed by atoms with Crippen molar-refractivity contribution in [2.75, 3.05) is 6.54 Å². The van der Waals surface area contributed by atoms with Gasteiger partial charge in [-0.2, -0.15) is 8.42 Å². The number of carboxylic acids is 1. The van der Waals surface area contributed by atoms with E-state index in [0.717, 1.165) is 4.90 Å². The van der Waals surface area contributed by atoms with Crippen molar-refractivity contribution in [3.8, 4) is 0 Å². The number of amides is 1. The Labute approximate surface area is 153 Å². The molecule has 8 nitrogen and oxygen atoms in total. The lowest BCUT2D eigenvalue weighted by Crippen LogP contribution is -2.40. The van der Waals surface area contributed by atoms with Gasteiger partial charge in [0, 0.05) is 10.9 Å². The topological polar surface area (TPSA) is 110 Å². The van der Waals surface area contributed by atoms with Gasteiger partial charge in [-0.05, 0) is 31.2 Å². The zero-order chi connectivity index (χ0) is 18.8. The van der Waals surface area contributed by atoms with E-state index in [1.165, 1.54) is 19.1 Å². The molecule has 1 aliphatic rings. The molecule has 1 N–H and O–H groups in total. The van der Waals surface area contributed by atoms with Gasteiger partial charge in [0.25, 0.3) is 10.1 Å². The number of carbonyl (C=O) groups is 2. The molecule has 1 heterocycles. The minimum absolute atomic E-state index is 0.0643. The fourth-order valence-corrected chi connectivity index (χ4v) is 3.69. The van der Waals surface area contributed by atoms with E-state index in [1.54, 1.807) is 12.1 Å². The SMILES string of the molecule is C=C(C)OC(=O)N1C[C@@H](OS(=O)(=O)c2ccc(Br)cc2)C[C@H]1C(=O)O. The molecule has 0 radical (unpaired) electrons. The summed E-state index contributed by atoms with van der Waals surface area (Å²) in [7, 11) is -4.09. The van der Waals surface area contributed by atoms with E-state index in [4.69, 9.17) is 8.92 Å². The van der Waals surface area contributed by atoms with Crippen molar-refractivity contribution in [1.29, 1.82) is 0 Å². The van der Waals surface area contributed by atoms with Gasteiger partial charge < -0.3 is 9.84 Å². The number of carbonyl (C=O) groups excluding carboxylic acids is 1. The number of likely N-dealkylation sites (tertiary alicyclic amines) is 1. The summed E-state index contributed by atoms with van der Waals surface area (Å²) in [6.07, 6.45) is -2.07. The quantitative estimate of drug-likeness (QED) is 0.560. The van der Waals surface area contributed by atoms with Crippen LogP contribution in [0.15, 0.2) is 46.0 Å². The summed E-state index contributed by atoms with van der Waals surface area (Å²) >= 11 is 3.20. The predicted molar refractivity (Wildman–Crippen MR) is 90.2 cm³/mol. The van der Waals surface area contributed by atoms with Gasteiger partial charge >= 0.3 is 12.1 Å². The first-order valence-corrected chi connectivity index (χ1v) is 9.36. The molecule has 2 rings (SSSR count). The molecule has 25 heavy (non-hydrogen) atoms. The van der Waals surface area contributed by atoms with Crippen LogP contribution in [0.5, 0.6) is 0 Å². The van der Waals surface area contributed by atoms with Crippen LogP contribution in [0.2, 0.25) is 0 Å². The molecule has 0 aromatic heterocycles. The van der Waals surface area contributed by atoms with Crippen molar-refractivity contribution in [3.63, 3.8) is 0 Å². The molecule has 1 aromatic carbocycles. The van der Waals surface area contributed by atoms with E-state index in [1.807, 2.05) is 0 Å². The fourth-order valence-electron chi connectivity index (χ4n) is 2.35. The number of rotatable bonds is 5. The Hall–Kier alpha value is -1.91. The fraction of sp³-hybridized carbons (Fsp3) is 0.333. The van der Waals surface area contributed by atoms with Gasteiger partial charge in [0.05, 0.1) is 23.3 Å². The molecule has 1 aromatic rings. The minimum atomic E-state index is -4.09. The normalized spacial score (nSPS) is 20.3. The van der Waals surface area contributed by atoms with Gasteiger partial charge in [0.2, 0.25) is 0 Å². The van der Waals surface area contributed by atoms with Crippen LogP contribution in [-0.2, 0) is 23.8 Å². The standard InChI is InChI=1S/C15H16BrNO7S/c1-9(2)23-15(20)17-8-11(7-13(17)14(18)19)24-25(21,22)12-5-3-10(16)4-6-12/h3-6,11,13H,1,7-8H2,2H3,(H,18,19)/t11-,13-/m0/s1. The Morgan fingerprint density at radius 1 is 1.32 bits per heavy atom. The molecule has 1 fully saturated rings. The van der Waals surface area contributed by atoms with Crippen LogP contribution in [0.1, 0.15) is 13.3 Å². The summed E-state index contributed by atoms with van der Waals surface area (Å²) in [5, 5.41) is 9.25. The molecule has 0 unspecified atom stereocenters. The van der Waals surface area contributed by atoms with Crippen molar-refractivity contribution >= 4 is 38.1 Å². The number of benzene rings is 1. The smallest absolute Gasteiger partial charge is 0.415 e. The molecule has 0 bridgehead atoms. The van der Waals surface area contributed by atoms with Crippen LogP contribution in [0.25, 0.3) is 0 Å². The van der Waals surface area contributed by atoms with Crippen LogP contribution in [0.4, 0.5) is 4.79 Å². The van der Waals surface area contributed by atoms with Gasteiger partial charge in [-0.1, -0.05) is 22.5 Å². The Kier molecular flexibility index (Phi) is 5.86. The van der Waals surface area contributed by atoms with Crippen LogP contribution >= 0.6 is 15.9 Å². The first-order chi connectivity index (χ1) is 11.6. The van der Waals surface area contributed by atoms with Gasteiger partial charge in [0.1, 0.15) is 6.04 Å². The number of allylic oxidation sites excluding steroid dienone is 1. The maximum Gasteiger partial charge on any atom is 0.415 e. The van der Waals surface area contributed by atoms with Gasteiger partial charge in [-0.15, -0.1) is 0 Å². The monoisotopic (exact) mass is 433 g/mol. The minimum Gasteiger partial charge on any atom is -0.480 e. The van der Waals surface area contributed by atoms with E-state index < -0.39 is 34.3 Å². The van der Waals surface area contributed by atoms with Crippen molar-refractivity contribution in [2.45, 2.75) is 30.4 Å². The summed E-state index contributed by atoms with van der Waals surface area (Å²) in [5.41, 5.74) is 0. The molecule has 0 aliphatic carbocycles. The summed E-state index contributed by atoms with van der Waals surface area (Å²) in [6.45, 7) is 4.63. The predicted octanol–water partition coefficient (Wildman–Crippen LogP) is 2.35. The van der Waals surface area contributed by atoms with Gasteiger partial charge in [-0.3, -0.25) is 9.08 Å². The Balaban J connectivity index is 2.15. The summed E-state index contributed by atoms with van der Waals surface area (Å²) in [4.78, 5) is 24.1. The van der Waals surface area contributed by atoms with E-state index >= 15 is 0 Å². The lowest BCUT2D eigenvalue weighted by molar-refractivity contribution is -0.141. The van der Waals surface area contributed by atoms with Crippen molar-refractivity contribution in [2.24, 2.45) is 0 Å².